The van der Waals surface area contributed by atoms with E-state index in [4.69, 9.17) is 0 Å². The van der Waals surface area contributed by atoms with E-state index in [1.54, 1.807) is 12.3 Å². The average Bonchev–Trinajstić information content (AvgIpc) is 2.78. The van der Waals surface area contributed by atoms with Crippen LogP contribution in [0.4, 0.5) is 5.69 Å². The molecule has 0 fully saturated rings. The number of carbonyl (C=O) groups excluding carboxylic acids is 1. The van der Waals surface area contributed by atoms with E-state index in [0.29, 0.717) is 11.3 Å². The monoisotopic (exact) mass is 522 g/mol. The van der Waals surface area contributed by atoms with Crippen LogP contribution in [0, 0.1) is 0 Å². The molecule has 4 rings (SSSR count). The van der Waals surface area contributed by atoms with Gasteiger partial charge in [0.1, 0.15) is 0 Å². The number of nitrogens with one attached hydrogen (secondary N) is 1. The Bertz CT molecular complexity index is 1280. The number of nitrogens with zero attached hydrogens (tertiary/aromatic N) is 1. The summed E-state index contributed by atoms with van der Waals surface area (Å²) in [5.74, 6) is -0.459. The number of pyridine rings is 1. The Morgan fingerprint density at radius 1 is 0.970 bits per heavy atom. The molecule has 0 aliphatic rings. The quantitative estimate of drug-likeness (QED) is 0.387. The molecule has 3 aromatic carbocycles. The molecule has 6 heteroatoms. The van der Waals surface area contributed by atoms with Gasteiger partial charge < -0.3 is 0 Å². The number of hydrogen-bond donors (Lipinski definition) is 2. The first-order valence-electron chi connectivity index (χ1n) is 10.6. The molecule has 1 aromatic heterocycles. The van der Waals surface area contributed by atoms with E-state index in [0.717, 1.165) is 26.4 Å². The Morgan fingerprint density at radius 2 is 1.70 bits per heavy atom. The van der Waals surface area contributed by atoms with Gasteiger partial charge in [-0.15, -0.1) is 12.4 Å². The fraction of sp³-hybridized carbons (Fsp3) is 0.185. The van der Waals surface area contributed by atoms with Gasteiger partial charge in [0.15, 0.2) is 0 Å². The van der Waals surface area contributed by atoms with Crippen LogP contribution in [0.15, 0.2) is 79.0 Å². The summed E-state index contributed by atoms with van der Waals surface area (Å²) in [6, 6.07) is 23.5. The number of fused-ring (bicyclic) bond motifs is 1. The van der Waals surface area contributed by atoms with Crippen LogP contribution >= 0.6 is 12.4 Å². The molecule has 0 aliphatic heterocycles. The standard InChI is InChI=1S/C27H27AsN2O2.ClH/c1-27(2,3)21-9-7-17(8-10-21)18-5-4-6-20(15-18)24(31)26(32)30-22-11-12-23-19(16-22)13-14-29-25(23)28;/h4-16,24,31H,28H2,1-3H3,(H,30,32);1H. The van der Waals surface area contributed by atoms with E-state index < -0.39 is 12.0 Å². The van der Waals surface area contributed by atoms with E-state index in [-0.39, 0.29) is 17.8 Å². The molecule has 1 amide bonds. The summed E-state index contributed by atoms with van der Waals surface area (Å²) in [4.78, 5) is 17.1. The number of aromatic nitrogens is 1. The third-order valence-electron chi connectivity index (χ3n) is 5.60. The SMILES string of the molecule is CC(C)(C)c1ccc(-c2cccc(C(O)C(=O)Nc3ccc4c([AsH2])nccc4c3)c2)cc1.Cl. The zero-order chi connectivity index (χ0) is 22.9. The van der Waals surface area contributed by atoms with Gasteiger partial charge in [-0.25, -0.2) is 0 Å². The maximum Gasteiger partial charge on any atom is -0.0541 e. The number of anilines is 1. The van der Waals surface area contributed by atoms with Gasteiger partial charge in [-0.05, 0) is 11.0 Å². The molecule has 4 aromatic rings. The smallest absolute Gasteiger partial charge is 0.0541 e. The third kappa shape index (κ3) is 5.65. The molecule has 0 saturated carbocycles. The van der Waals surface area contributed by atoms with Gasteiger partial charge >= 0.3 is 141 Å². The van der Waals surface area contributed by atoms with Gasteiger partial charge in [-0.1, -0.05) is 45.0 Å². The molecule has 0 radical (unpaired) electrons. The fourth-order valence-corrected chi connectivity index (χ4v) is 4.42. The topological polar surface area (TPSA) is 62.2 Å². The van der Waals surface area contributed by atoms with Crippen LogP contribution in [-0.2, 0) is 10.2 Å². The summed E-state index contributed by atoms with van der Waals surface area (Å²) < 4.78 is 1.00. The number of amides is 1. The van der Waals surface area contributed by atoms with Gasteiger partial charge in [0.25, 0.3) is 0 Å². The van der Waals surface area contributed by atoms with Crippen LogP contribution in [-0.4, -0.2) is 32.9 Å². The van der Waals surface area contributed by atoms with E-state index >= 15 is 0 Å². The minimum Gasteiger partial charge on any atom is -0.147 e. The van der Waals surface area contributed by atoms with Crippen LogP contribution in [0.1, 0.15) is 38.0 Å². The van der Waals surface area contributed by atoms with Crippen molar-refractivity contribution in [1.29, 1.82) is 0 Å². The van der Waals surface area contributed by atoms with E-state index in [2.05, 4.69) is 55.3 Å². The second kappa shape index (κ2) is 10.1. The predicted octanol–water partition coefficient (Wildman–Crippen LogP) is 4.55. The number of aliphatic hydroxyl groups is 1. The minimum atomic E-state index is -1.26. The number of carbonyl (C=O) groups is 1. The van der Waals surface area contributed by atoms with Crippen LogP contribution in [0.3, 0.4) is 0 Å². The second-order valence-electron chi connectivity index (χ2n) is 8.98. The van der Waals surface area contributed by atoms with Crippen LogP contribution in [0.2, 0.25) is 0 Å². The molecule has 2 N–H and O–H groups in total. The van der Waals surface area contributed by atoms with Crippen LogP contribution < -0.4 is 9.80 Å². The summed E-state index contributed by atoms with van der Waals surface area (Å²) in [5.41, 5.74) is 4.57. The van der Waals surface area contributed by atoms with Gasteiger partial charge in [-0.3, -0.25) is 0 Å². The van der Waals surface area contributed by atoms with E-state index in [9.17, 15) is 9.90 Å². The molecule has 170 valence electrons. The molecule has 2 atom stereocenters. The maximum atomic E-state index is 12.7. The zero-order valence-electron chi connectivity index (χ0n) is 18.9. The van der Waals surface area contributed by atoms with Gasteiger partial charge in [0.05, 0.1) is 0 Å². The van der Waals surface area contributed by atoms with Crippen molar-refractivity contribution in [2.45, 2.75) is 32.3 Å². The second-order valence-corrected chi connectivity index (χ2v) is 10.1. The van der Waals surface area contributed by atoms with Crippen LogP contribution in [0.25, 0.3) is 21.9 Å². The Hall–Kier alpha value is -2.65. The number of hydrogen-bond acceptors (Lipinski definition) is 3. The normalized spacial score (nSPS) is 12.2. The predicted molar refractivity (Wildman–Crippen MR) is 141 cm³/mol. The van der Waals surface area contributed by atoms with Gasteiger partial charge in [0.2, 0.25) is 0 Å². The molecule has 1 heterocycles. The van der Waals surface area contributed by atoms with Crippen molar-refractivity contribution in [3.05, 3.63) is 90.1 Å². The summed E-state index contributed by atoms with van der Waals surface area (Å²) >= 11 is 1.46. The molecule has 0 spiro atoms. The molecule has 2 unspecified atom stereocenters. The molecule has 33 heavy (non-hydrogen) atoms. The average molecular weight is 523 g/mol. The van der Waals surface area contributed by atoms with Gasteiger partial charge in [-0.2, -0.15) is 0 Å². The first kappa shape index (κ1) is 25.0. The third-order valence-corrected chi connectivity index (χ3v) is 6.56. The summed E-state index contributed by atoms with van der Waals surface area (Å²) in [6.07, 6.45) is 0.501. The Labute approximate surface area is 209 Å². The number of rotatable bonds is 4. The Morgan fingerprint density at radius 3 is 2.39 bits per heavy atom. The first-order valence-corrected chi connectivity index (χ1v) is 11.8. The van der Waals surface area contributed by atoms with Crippen molar-refractivity contribution in [3.63, 3.8) is 0 Å². The van der Waals surface area contributed by atoms with Gasteiger partial charge in [0, 0.05) is 0 Å². The van der Waals surface area contributed by atoms with Crippen molar-refractivity contribution in [2.75, 3.05) is 5.32 Å². The van der Waals surface area contributed by atoms with Crippen molar-refractivity contribution in [1.82, 2.24) is 4.98 Å². The summed E-state index contributed by atoms with van der Waals surface area (Å²) in [6.45, 7) is 6.56. The minimum absolute atomic E-state index is 0. The fourth-order valence-electron chi connectivity index (χ4n) is 3.69. The summed E-state index contributed by atoms with van der Waals surface area (Å²) in [7, 11) is 0. The molecule has 4 nitrogen and oxygen atoms in total. The molecule has 0 aliphatic carbocycles. The largest absolute Gasteiger partial charge is 0.147 e. The Balaban J connectivity index is 0.00000306. The van der Waals surface area contributed by atoms with Crippen molar-refractivity contribution < 1.29 is 9.90 Å². The number of benzene rings is 3. The zero-order valence-corrected chi connectivity index (χ0v) is 22.1. The molecular formula is C27H28AsClN2O2. The van der Waals surface area contributed by atoms with Crippen molar-refractivity contribution >= 4 is 56.1 Å². The number of aliphatic hydroxyl groups excluding tert-OH is 1. The maximum absolute atomic E-state index is 12.7. The first-order chi connectivity index (χ1) is 15.2. The van der Waals surface area contributed by atoms with Crippen molar-refractivity contribution in [3.8, 4) is 11.1 Å². The summed E-state index contributed by atoms with van der Waals surface area (Å²) in [5, 5.41) is 15.6. The molecular weight excluding hydrogens is 495 g/mol. The van der Waals surface area contributed by atoms with E-state index in [1.165, 1.54) is 22.4 Å². The molecule has 0 bridgehead atoms. The van der Waals surface area contributed by atoms with E-state index in [1.807, 2.05) is 42.5 Å². The van der Waals surface area contributed by atoms with Crippen molar-refractivity contribution in [2.24, 2.45) is 0 Å². The van der Waals surface area contributed by atoms with Crippen LogP contribution in [0.5, 0.6) is 0 Å². The number of halogens is 1. The Kier molecular flexibility index (Phi) is 7.64. The molecule has 0 saturated heterocycles.